The first-order valence-electron chi connectivity index (χ1n) is 9.58. The number of carbonyl (C=O) groups excluding carboxylic acids is 2. The SMILES string of the molecule is COc1ccc(NC(=O)c2ccc(C=NN(C)C)cc2)c(N(C=O)c2ccc(Br)cn2)c1. The Bertz CT molecular complexity index is 1120. The molecular weight excluding hydrogens is 474 g/mol. The molecule has 3 aromatic rings. The molecule has 0 aliphatic rings. The molecule has 9 heteroatoms. The van der Waals surface area contributed by atoms with Gasteiger partial charge in [-0.3, -0.25) is 14.5 Å². The van der Waals surface area contributed by atoms with Crippen molar-refractivity contribution in [1.29, 1.82) is 0 Å². The fourth-order valence-corrected chi connectivity index (χ4v) is 3.02. The van der Waals surface area contributed by atoms with E-state index < -0.39 is 0 Å². The lowest BCUT2D eigenvalue weighted by molar-refractivity contribution is -0.106. The predicted octanol–water partition coefficient (Wildman–Crippen LogP) is 4.30. The van der Waals surface area contributed by atoms with Crippen molar-refractivity contribution in [2.75, 3.05) is 31.4 Å². The van der Waals surface area contributed by atoms with Gasteiger partial charge in [-0.05, 0) is 57.9 Å². The van der Waals surface area contributed by atoms with Crippen LogP contribution in [0, 0.1) is 0 Å². The summed E-state index contributed by atoms with van der Waals surface area (Å²) in [5.74, 6) is 0.616. The van der Waals surface area contributed by atoms with Crippen LogP contribution >= 0.6 is 15.9 Å². The van der Waals surface area contributed by atoms with E-state index in [9.17, 15) is 9.59 Å². The number of halogens is 1. The van der Waals surface area contributed by atoms with Crippen LogP contribution in [0.4, 0.5) is 17.2 Å². The summed E-state index contributed by atoms with van der Waals surface area (Å²) >= 11 is 3.33. The number of carbonyl (C=O) groups is 2. The van der Waals surface area contributed by atoms with Crippen LogP contribution < -0.4 is 15.0 Å². The van der Waals surface area contributed by atoms with E-state index in [4.69, 9.17) is 4.74 Å². The third kappa shape index (κ3) is 5.70. The van der Waals surface area contributed by atoms with Crippen molar-refractivity contribution in [3.05, 3.63) is 76.4 Å². The van der Waals surface area contributed by atoms with Gasteiger partial charge in [-0.25, -0.2) is 4.98 Å². The topological polar surface area (TPSA) is 87.1 Å². The first-order chi connectivity index (χ1) is 15.4. The number of hydrazone groups is 1. The van der Waals surface area contributed by atoms with E-state index in [-0.39, 0.29) is 5.91 Å². The highest BCUT2D eigenvalue weighted by atomic mass is 79.9. The van der Waals surface area contributed by atoms with Crippen LogP contribution in [-0.4, -0.2) is 49.7 Å². The highest BCUT2D eigenvalue weighted by molar-refractivity contribution is 9.10. The summed E-state index contributed by atoms with van der Waals surface area (Å²) in [6, 6.07) is 15.6. The summed E-state index contributed by atoms with van der Waals surface area (Å²) in [7, 11) is 5.19. The van der Waals surface area contributed by atoms with Crippen LogP contribution in [0.1, 0.15) is 15.9 Å². The van der Waals surface area contributed by atoms with E-state index in [1.165, 1.54) is 12.0 Å². The number of hydrogen-bond acceptors (Lipinski definition) is 6. The summed E-state index contributed by atoms with van der Waals surface area (Å²) in [6.07, 6.45) is 3.93. The molecule has 8 nitrogen and oxygen atoms in total. The fourth-order valence-electron chi connectivity index (χ4n) is 2.79. The number of aromatic nitrogens is 1. The van der Waals surface area contributed by atoms with Crippen molar-refractivity contribution in [3.63, 3.8) is 0 Å². The third-order valence-corrected chi connectivity index (χ3v) is 4.86. The summed E-state index contributed by atoms with van der Waals surface area (Å²) in [5.41, 5.74) is 2.20. The molecular formula is C23H22BrN5O3. The first-order valence-corrected chi connectivity index (χ1v) is 10.4. The van der Waals surface area contributed by atoms with E-state index in [0.29, 0.717) is 34.9 Å². The van der Waals surface area contributed by atoms with E-state index >= 15 is 0 Å². The highest BCUT2D eigenvalue weighted by Crippen LogP contribution is 2.34. The smallest absolute Gasteiger partial charge is 0.255 e. The Labute approximate surface area is 194 Å². The minimum atomic E-state index is -0.317. The minimum Gasteiger partial charge on any atom is -0.497 e. The Kier molecular flexibility index (Phi) is 7.56. The minimum absolute atomic E-state index is 0.317. The van der Waals surface area contributed by atoms with Gasteiger partial charge in [-0.15, -0.1) is 0 Å². The Morgan fingerprint density at radius 3 is 2.47 bits per heavy atom. The molecule has 1 N–H and O–H groups in total. The highest BCUT2D eigenvalue weighted by Gasteiger charge is 2.17. The van der Waals surface area contributed by atoms with Gasteiger partial charge in [0, 0.05) is 36.4 Å². The molecule has 3 rings (SSSR count). The van der Waals surface area contributed by atoms with Gasteiger partial charge >= 0.3 is 0 Å². The Balaban J connectivity index is 1.90. The molecule has 0 unspecified atom stereocenters. The lowest BCUT2D eigenvalue weighted by Crippen LogP contribution is -2.19. The van der Waals surface area contributed by atoms with E-state index in [1.54, 1.807) is 72.0 Å². The largest absolute Gasteiger partial charge is 0.497 e. The quantitative estimate of drug-likeness (QED) is 0.286. The monoisotopic (exact) mass is 495 g/mol. The van der Waals surface area contributed by atoms with Gasteiger partial charge in [0.2, 0.25) is 6.41 Å². The maximum atomic E-state index is 12.9. The van der Waals surface area contributed by atoms with Gasteiger partial charge in [0.05, 0.1) is 24.7 Å². The first kappa shape index (κ1) is 23.0. The van der Waals surface area contributed by atoms with Crippen LogP contribution in [0.25, 0.3) is 0 Å². The number of ether oxygens (including phenoxy) is 1. The molecule has 164 valence electrons. The second kappa shape index (κ2) is 10.5. The number of nitrogens with one attached hydrogen (secondary N) is 1. The molecule has 0 bridgehead atoms. The Morgan fingerprint density at radius 2 is 1.88 bits per heavy atom. The third-order valence-electron chi connectivity index (χ3n) is 4.39. The average Bonchev–Trinajstić information content (AvgIpc) is 2.80. The fraction of sp³-hybridized carbons (Fsp3) is 0.130. The summed E-state index contributed by atoms with van der Waals surface area (Å²) in [5, 5.41) is 8.73. The lowest BCUT2D eigenvalue weighted by Gasteiger charge is -2.21. The molecule has 32 heavy (non-hydrogen) atoms. The van der Waals surface area contributed by atoms with Crippen LogP contribution in [-0.2, 0) is 4.79 Å². The zero-order valence-electron chi connectivity index (χ0n) is 17.8. The number of methoxy groups -OCH3 is 1. The maximum Gasteiger partial charge on any atom is 0.255 e. The molecule has 0 aliphatic carbocycles. The van der Waals surface area contributed by atoms with Crippen molar-refractivity contribution < 1.29 is 14.3 Å². The molecule has 2 amide bonds. The molecule has 0 aliphatic heterocycles. The molecule has 0 saturated heterocycles. The maximum absolute atomic E-state index is 12.9. The van der Waals surface area contributed by atoms with Crippen LogP contribution in [0.5, 0.6) is 5.75 Å². The molecule has 0 radical (unpaired) electrons. The van der Waals surface area contributed by atoms with Gasteiger partial charge in [-0.2, -0.15) is 5.10 Å². The molecule has 0 saturated carbocycles. The van der Waals surface area contributed by atoms with Gasteiger partial charge < -0.3 is 15.1 Å². The van der Waals surface area contributed by atoms with Gasteiger partial charge in [0.15, 0.2) is 0 Å². The Hall–Kier alpha value is -3.72. The predicted molar refractivity (Wildman–Crippen MR) is 129 cm³/mol. The van der Waals surface area contributed by atoms with Crippen LogP contribution in [0.2, 0.25) is 0 Å². The van der Waals surface area contributed by atoms with E-state index in [1.807, 2.05) is 14.1 Å². The van der Waals surface area contributed by atoms with Gasteiger partial charge in [0.1, 0.15) is 11.6 Å². The molecule has 2 aromatic carbocycles. The number of benzene rings is 2. The molecule has 0 fully saturated rings. The molecule has 1 aromatic heterocycles. The normalized spacial score (nSPS) is 10.6. The lowest BCUT2D eigenvalue weighted by atomic mass is 10.1. The zero-order chi connectivity index (χ0) is 23.1. The number of nitrogens with zero attached hydrogens (tertiary/aromatic N) is 4. The van der Waals surface area contributed by atoms with E-state index in [0.717, 1.165) is 10.0 Å². The van der Waals surface area contributed by atoms with Crippen LogP contribution in [0.3, 0.4) is 0 Å². The second-order valence-electron chi connectivity index (χ2n) is 6.86. The van der Waals surface area contributed by atoms with Crippen molar-refractivity contribution in [3.8, 4) is 5.75 Å². The summed E-state index contributed by atoms with van der Waals surface area (Å²) in [6.45, 7) is 0. The van der Waals surface area contributed by atoms with Gasteiger partial charge in [0.25, 0.3) is 5.91 Å². The summed E-state index contributed by atoms with van der Waals surface area (Å²) in [4.78, 5) is 30.4. The van der Waals surface area contributed by atoms with E-state index in [2.05, 4.69) is 31.3 Å². The number of pyridine rings is 1. The van der Waals surface area contributed by atoms with Crippen molar-refractivity contribution in [1.82, 2.24) is 9.99 Å². The molecule has 0 spiro atoms. The number of hydrogen-bond donors (Lipinski definition) is 1. The summed E-state index contributed by atoms with van der Waals surface area (Å²) < 4.78 is 6.09. The number of amides is 2. The molecule has 0 atom stereocenters. The van der Waals surface area contributed by atoms with Crippen molar-refractivity contribution >= 4 is 51.7 Å². The van der Waals surface area contributed by atoms with Gasteiger partial charge in [-0.1, -0.05) is 12.1 Å². The average molecular weight is 496 g/mol. The Morgan fingerprint density at radius 1 is 1.12 bits per heavy atom. The molecule has 1 heterocycles. The standard InChI is InChI=1S/C23H22BrN5O3/c1-28(2)26-13-16-4-6-17(7-5-16)23(31)27-20-10-9-19(32-3)12-21(20)29(15-30)22-11-8-18(24)14-25-22/h4-15H,1-3H3,(H,27,31). The van der Waals surface area contributed by atoms with Crippen molar-refractivity contribution in [2.45, 2.75) is 0 Å². The van der Waals surface area contributed by atoms with Crippen LogP contribution in [0.15, 0.2) is 70.4 Å². The second-order valence-corrected chi connectivity index (χ2v) is 7.78. The number of rotatable bonds is 8. The van der Waals surface area contributed by atoms with Crippen molar-refractivity contribution in [2.24, 2.45) is 5.10 Å². The zero-order valence-corrected chi connectivity index (χ0v) is 19.4. The number of anilines is 3.